The molecule has 0 bridgehead atoms. The highest BCUT2D eigenvalue weighted by Crippen LogP contribution is 2.18. The van der Waals surface area contributed by atoms with Crippen LogP contribution < -0.4 is 0 Å². The minimum atomic E-state index is 0.834. The lowest BCUT2D eigenvalue weighted by Crippen LogP contribution is -1.95. The van der Waals surface area contributed by atoms with Gasteiger partial charge in [-0.15, -0.1) is 0 Å². The quantitative estimate of drug-likeness (QED) is 0.557. The first-order chi connectivity index (χ1) is 6.72. The first-order valence-electron chi connectivity index (χ1n) is 4.51. The monoisotopic (exact) mass is 208 g/mol. The van der Waals surface area contributed by atoms with Crippen LogP contribution in [0.25, 0.3) is 11.2 Å². The number of thioether (sulfide) groups is 1. The predicted molar refractivity (Wildman–Crippen MR) is 57.4 cm³/mol. The van der Waals surface area contributed by atoms with Gasteiger partial charge in [0.1, 0.15) is 5.52 Å². The summed E-state index contributed by atoms with van der Waals surface area (Å²) in [6.07, 6.45) is 1.77. The molecule has 0 unspecified atom stereocenters. The topological polar surface area (TPSA) is 43.6 Å². The Morgan fingerprint density at radius 2 is 2.21 bits per heavy atom. The fourth-order valence-electron chi connectivity index (χ4n) is 1.32. The molecule has 0 saturated heterocycles. The van der Waals surface area contributed by atoms with Gasteiger partial charge in [0.2, 0.25) is 0 Å². The standard InChI is InChI=1S/C9H12N4S/c1-4-14-9-11-6(2)7-8(12-9)13(3)5-10-7/h5H,4H2,1-3H3. The molecule has 2 rings (SSSR count). The van der Waals surface area contributed by atoms with Gasteiger partial charge in [0, 0.05) is 7.05 Å². The lowest BCUT2D eigenvalue weighted by atomic mass is 10.4. The Labute approximate surface area is 86.8 Å². The Bertz CT molecular complexity index is 463. The van der Waals surface area contributed by atoms with Crippen LogP contribution in [0.4, 0.5) is 0 Å². The number of hydrogen-bond donors (Lipinski definition) is 0. The summed E-state index contributed by atoms with van der Waals surface area (Å²) >= 11 is 1.65. The molecule has 0 aromatic carbocycles. The summed E-state index contributed by atoms with van der Waals surface area (Å²) < 4.78 is 1.92. The second kappa shape index (κ2) is 3.57. The van der Waals surface area contributed by atoms with E-state index in [1.165, 1.54) is 0 Å². The molecule has 0 saturated carbocycles. The SMILES string of the molecule is CCSc1nc(C)c2ncn(C)c2n1. The van der Waals surface area contributed by atoms with Gasteiger partial charge in [-0.2, -0.15) is 0 Å². The van der Waals surface area contributed by atoms with Crippen LogP contribution >= 0.6 is 11.8 Å². The van der Waals surface area contributed by atoms with Gasteiger partial charge in [0.05, 0.1) is 12.0 Å². The number of aromatic nitrogens is 4. The average molecular weight is 208 g/mol. The number of hydrogen-bond acceptors (Lipinski definition) is 4. The maximum Gasteiger partial charge on any atom is 0.189 e. The molecule has 2 aromatic heterocycles. The maximum atomic E-state index is 4.44. The third-order valence-corrected chi connectivity index (χ3v) is 2.72. The van der Waals surface area contributed by atoms with Crippen molar-refractivity contribution in [1.82, 2.24) is 19.5 Å². The van der Waals surface area contributed by atoms with Gasteiger partial charge in [-0.1, -0.05) is 18.7 Å². The molecule has 14 heavy (non-hydrogen) atoms. The number of aryl methyl sites for hydroxylation is 2. The summed E-state index contributed by atoms with van der Waals surface area (Å²) in [7, 11) is 1.95. The highest BCUT2D eigenvalue weighted by molar-refractivity contribution is 7.99. The second-order valence-corrected chi connectivity index (χ2v) is 4.28. The van der Waals surface area contributed by atoms with Crippen molar-refractivity contribution in [2.45, 2.75) is 19.0 Å². The van der Waals surface area contributed by atoms with Crippen molar-refractivity contribution in [2.24, 2.45) is 7.05 Å². The molecule has 5 heteroatoms. The van der Waals surface area contributed by atoms with E-state index < -0.39 is 0 Å². The minimum absolute atomic E-state index is 0.834. The molecule has 4 nitrogen and oxygen atoms in total. The Balaban J connectivity index is 2.63. The highest BCUT2D eigenvalue weighted by Gasteiger charge is 2.08. The Kier molecular flexibility index (Phi) is 2.41. The summed E-state index contributed by atoms with van der Waals surface area (Å²) in [5, 5.41) is 0.834. The average Bonchev–Trinajstić information content (AvgIpc) is 2.49. The summed E-state index contributed by atoms with van der Waals surface area (Å²) in [4.78, 5) is 13.1. The van der Waals surface area contributed by atoms with E-state index in [0.717, 1.165) is 27.8 Å². The number of imidazole rings is 1. The first kappa shape index (κ1) is 9.45. The third-order valence-electron chi connectivity index (χ3n) is 1.99. The predicted octanol–water partition coefficient (Wildman–Crippen LogP) is 1.78. The zero-order valence-electron chi connectivity index (χ0n) is 8.48. The number of nitrogens with zero attached hydrogens (tertiary/aromatic N) is 4. The normalized spacial score (nSPS) is 11.1. The van der Waals surface area contributed by atoms with Crippen molar-refractivity contribution in [3.8, 4) is 0 Å². The van der Waals surface area contributed by atoms with Crippen molar-refractivity contribution in [3.05, 3.63) is 12.0 Å². The molecule has 0 radical (unpaired) electrons. The molecule has 2 aromatic rings. The molecule has 0 spiro atoms. The van der Waals surface area contributed by atoms with Crippen LogP contribution in [-0.4, -0.2) is 25.3 Å². The van der Waals surface area contributed by atoms with Gasteiger partial charge in [0.15, 0.2) is 10.8 Å². The van der Waals surface area contributed by atoms with Crippen molar-refractivity contribution in [3.63, 3.8) is 0 Å². The molecule has 0 atom stereocenters. The molecule has 0 N–H and O–H groups in total. The Morgan fingerprint density at radius 1 is 1.43 bits per heavy atom. The van der Waals surface area contributed by atoms with Crippen molar-refractivity contribution >= 4 is 22.9 Å². The van der Waals surface area contributed by atoms with E-state index >= 15 is 0 Å². The molecular formula is C9H12N4S. The van der Waals surface area contributed by atoms with E-state index in [-0.39, 0.29) is 0 Å². The summed E-state index contributed by atoms with van der Waals surface area (Å²) in [6, 6.07) is 0. The van der Waals surface area contributed by atoms with E-state index in [2.05, 4.69) is 21.9 Å². The Morgan fingerprint density at radius 3 is 2.93 bits per heavy atom. The van der Waals surface area contributed by atoms with E-state index in [1.807, 2.05) is 18.5 Å². The number of fused-ring (bicyclic) bond motifs is 1. The van der Waals surface area contributed by atoms with Crippen molar-refractivity contribution in [2.75, 3.05) is 5.75 Å². The third kappa shape index (κ3) is 1.48. The van der Waals surface area contributed by atoms with Crippen LogP contribution in [0, 0.1) is 6.92 Å². The van der Waals surface area contributed by atoms with Crippen molar-refractivity contribution in [1.29, 1.82) is 0 Å². The number of rotatable bonds is 2. The van der Waals surface area contributed by atoms with Crippen LogP contribution in [0.5, 0.6) is 0 Å². The summed E-state index contributed by atoms with van der Waals surface area (Å²) in [5.74, 6) is 0.989. The maximum absolute atomic E-state index is 4.44. The molecule has 74 valence electrons. The highest BCUT2D eigenvalue weighted by atomic mass is 32.2. The van der Waals surface area contributed by atoms with Gasteiger partial charge in [0.25, 0.3) is 0 Å². The van der Waals surface area contributed by atoms with Gasteiger partial charge in [-0.25, -0.2) is 15.0 Å². The van der Waals surface area contributed by atoms with E-state index in [4.69, 9.17) is 0 Å². The molecule has 2 heterocycles. The lowest BCUT2D eigenvalue weighted by Gasteiger charge is -2.00. The minimum Gasteiger partial charge on any atom is -0.318 e. The van der Waals surface area contributed by atoms with Crippen LogP contribution in [0.2, 0.25) is 0 Å². The lowest BCUT2D eigenvalue weighted by molar-refractivity contribution is 0.893. The molecule has 0 amide bonds. The molecular weight excluding hydrogens is 196 g/mol. The van der Waals surface area contributed by atoms with Gasteiger partial charge in [-0.3, -0.25) is 0 Å². The first-order valence-corrected chi connectivity index (χ1v) is 5.49. The van der Waals surface area contributed by atoms with Crippen LogP contribution in [0.1, 0.15) is 12.6 Å². The van der Waals surface area contributed by atoms with Gasteiger partial charge in [-0.05, 0) is 12.7 Å². The Hall–Kier alpha value is -1.10. The summed E-state index contributed by atoms with van der Waals surface area (Å²) in [6.45, 7) is 4.06. The second-order valence-electron chi connectivity index (χ2n) is 3.05. The largest absolute Gasteiger partial charge is 0.318 e. The van der Waals surface area contributed by atoms with Gasteiger partial charge >= 0.3 is 0 Å². The molecule has 0 fully saturated rings. The smallest absolute Gasteiger partial charge is 0.189 e. The van der Waals surface area contributed by atoms with E-state index in [1.54, 1.807) is 18.1 Å². The molecule has 0 aliphatic rings. The zero-order valence-corrected chi connectivity index (χ0v) is 9.30. The fourth-order valence-corrected chi connectivity index (χ4v) is 1.93. The van der Waals surface area contributed by atoms with E-state index in [0.29, 0.717) is 0 Å². The van der Waals surface area contributed by atoms with Crippen molar-refractivity contribution < 1.29 is 0 Å². The molecule has 0 aliphatic heterocycles. The summed E-state index contributed by atoms with van der Waals surface area (Å²) in [5.41, 5.74) is 2.76. The van der Waals surface area contributed by atoms with Crippen LogP contribution in [0.3, 0.4) is 0 Å². The van der Waals surface area contributed by atoms with E-state index in [9.17, 15) is 0 Å². The van der Waals surface area contributed by atoms with Gasteiger partial charge < -0.3 is 4.57 Å². The molecule has 0 aliphatic carbocycles. The fraction of sp³-hybridized carbons (Fsp3) is 0.444. The van der Waals surface area contributed by atoms with Crippen LogP contribution in [0.15, 0.2) is 11.5 Å². The van der Waals surface area contributed by atoms with Crippen LogP contribution in [-0.2, 0) is 7.05 Å². The zero-order chi connectivity index (χ0) is 10.1.